The zero-order valence-corrected chi connectivity index (χ0v) is 19.8. The summed E-state index contributed by atoms with van der Waals surface area (Å²) in [5.74, 6) is 0.0556. The van der Waals surface area contributed by atoms with Crippen LogP contribution in [0.4, 0.5) is 5.69 Å². The Bertz CT molecular complexity index is 1070. The number of non-ortho nitro benzene ring substituents is 1. The number of benzene rings is 2. The Hall–Kier alpha value is -2.70. The molecule has 1 saturated carbocycles. The van der Waals surface area contributed by atoms with E-state index in [1.54, 1.807) is 24.3 Å². The van der Waals surface area contributed by atoms with Gasteiger partial charge < -0.3 is 9.47 Å². The molecule has 0 aliphatic heterocycles. The van der Waals surface area contributed by atoms with E-state index in [1.807, 2.05) is 26.0 Å². The second-order valence-electron chi connectivity index (χ2n) is 7.65. The fourth-order valence-electron chi connectivity index (χ4n) is 3.45. The number of carbonyl (C=O) groups is 1. The molecule has 9 heteroatoms. The summed E-state index contributed by atoms with van der Waals surface area (Å²) in [6, 6.07) is 14.3. The Morgan fingerprint density at radius 1 is 1.23 bits per heavy atom. The van der Waals surface area contributed by atoms with E-state index in [0.29, 0.717) is 17.1 Å². The number of nitro benzene ring substituents is 1. The van der Waals surface area contributed by atoms with E-state index in [9.17, 15) is 20.2 Å². The van der Waals surface area contributed by atoms with E-state index in [1.165, 1.54) is 24.3 Å². The van der Waals surface area contributed by atoms with Gasteiger partial charge in [0, 0.05) is 17.7 Å². The summed E-state index contributed by atoms with van der Waals surface area (Å²) < 4.78 is 12.0. The first-order valence-electron chi connectivity index (χ1n) is 9.28. The Kier molecular flexibility index (Phi) is 6.82. The molecule has 1 fully saturated rings. The van der Waals surface area contributed by atoms with E-state index >= 15 is 0 Å². The number of carbonyl (C=O) groups excluding carboxylic acids is 1. The third kappa shape index (κ3) is 5.32. The van der Waals surface area contributed by atoms with Crippen molar-refractivity contribution in [2.24, 2.45) is 17.3 Å². The van der Waals surface area contributed by atoms with Gasteiger partial charge in [0.15, 0.2) is 0 Å². The highest BCUT2D eigenvalue weighted by Crippen LogP contribution is 2.60. The highest BCUT2D eigenvalue weighted by molar-refractivity contribution is 9.28. The standard InChI is InChI=1S/C22H18Br2N2O5/c1-22(2)17(11-19(23)24)20(22)21(27)31-18(12-25)13-4-3-5-16(10-13)30-15-8-6-14(7-9-15)26(28)29/h3-11,17-18,20H,1-2H3/t17-,18?,20-/m0/s1. The van der Waals surface area contributed by atoms with Gasteiger partial charge in [0.2, 0.25) is 6.10 Å². The van der Waals surface area contributed by atoms with Crippen LogP contribution in [0.3, 0.4) is 0 Å². The van der Waals surface area contributed by atoms with Crippen LogP contribution in [0.25, 0.3) is 0 Å². The lowest BCUT2D eigenvalue weighted by atomic mass is 10.1. The fourth-order valence-corrected chi connectivity index (χ4v) is 4.02. The fraction of sp³-hybridized carbons (Fsp3) is 0.273. The maximum absolute atomic E-state index is 12.7. The summed E-state index contributed by atoms with van der Waals surface area (Å²) in [5, 5.41) is 20.3. The van der Waals surface area contributed by atoms with Gasteiger partial charge in [-0.05, 0) is 67.5 Å². The zero-order valence-electron chi connectivity index (χ0n) is 16.6. The van der Waals surface area contributed by atoms with Crippen LogP contribution in [0, 0.1) is 38.7 Å². The van der Waals surface area contributed by atoms with Crippen molar-refractivity contribution in [1.82, 2.24) is 0 Å². The van der Waals surface area contributed by atoms with Crippen molar-refractivity contribution in [2.75, 3.05) is 0 Å². The lowest BCUT2D eigenvalue weighted by Crippen LogP contribution is -2.14. The van der Waals surface area contributed by atoms with E-state index in [-0.39, 0.29) is 22.9 Å². The highest BCUT2D eigenvalue weighted by atomic mass is 79.9. The minimum atomic E-state index is -1.08. The van der Waals surface area contributed by atoms with Gasteiger partial charge in [-0.15, -0.1) is 0 Å². The molecule has 0 aromatic heterocycles. The summed E-state index contributed by atoms with van der Waals surface area (Å²) in [7, 11) is 0. The maximum atomic E-state index is 12.7. The molecule has 31 heavy (non-hydrogen) atoms. The molecule has 2 aromatic rings. The minimum absolute atomic E-state index is 0.00454. The molecular weight excluding hydrogens is 532 g/mol. The molecule has 0 spiro atoms. The second-order valence-corrected chi connectivity index (χ2v) is 10.4. The summed E-state index contributed by atoms with van der Waals surface area (Å²) >= 11 is 6.63. The van der Waals surface area contributed by atoms with Gasteiger partial charge in [0.05, 0.1) is 14.2 Å². The molecule has 1 unspecified atom stereocenters. The van der Waals surface area contributed by atoms with Crippen LogP contribution in [0.1, 0.15) is 25.5 Å². The van der Waals surface area contributed by atoms with Gasteiger partial charge in [-0.25, -0.2) is 0 Å². The minimum Gasteiger partial charge on any atom is -0.457 e. The van der Waals surface area contributed by atoms with Crippen LogP contribution in [0.2, 0.25) is 0 Å². The monoisotopic (exact) mass is 548 g/mol. The quantitative estimate of drug-likeness (QED) is 0.225. The van der Waals surface area contributed by atoms with E-state index in [2.05, 4.69) is 31.9 Å². The van der Waals surface area contributed by atoms with Crippen molar-refractivity contribution >= 4 is 43.5 Å². The van der Waals surface area contributed by atoms with Crippen LogP contribution < -0.4 is 4.74 Å². The van der Waals surface area contributed by atoms with Crippen molar-refractivity contribution in [1.29, 1.82) is 5.26 Å². The molecule has 0 radical (unpaired) electrons. The number of hydrogen-bond donors (Lipinski definition) is 0. The highest BCUT2D eigenvalue weighted by Gasteiger charge is 2.61. The topological polar surface area (TPSA) is 102 Å². The second kappa shape index (κ2) is 9.20. The van der Waals surface area contributed by atoms with Gasteiger partial charge in [0.25, 0.3) is 5.69 Å². The van der Waals surface area contributed by atoms with Gasteiger partial charge >= 0.3 is 5.97 Å². The van der Waals surface area contributed by atoms with Crippen LogP contribution in [0.5, 0.6) is 11.5 Å². The molecule has 160 valence electrons. The van der Waals surface area contributed by atoms with Crippen molar-refractivity contribution in [3.63, 3.8) is 0 Å². The van der Waals surface area contributed by atoms with Gasteiger partial charge in [-0.3, -0.25) is 14.9 Å². The smallest absolute Gasteiger partial charge is 0.311 e. The largest absolute Gasteiger partial charge is 0.457 e. The molecule has 1 aliphatic carbocycles. The van der Waals surface area contributed by atoms with Crippen molar-refractivity contribution in [3.8, 4) is 17.6 Å². The number of rotatable bonds is 7. The van der Waals surface area contributed by atoms with Gasteiger partial charge in [-0.1, -0.05) is 32.1 Å². The van der Waals surface area contributed by atoms with E-state index < -0.39 is 17.0 Å². The third-order valence-electron chi connectivity index (χ3n) is 5.27. The molecule has 0 N–H and O–H groups in total. The van der Waals surface area contributed by atoms with Gasteiger partial charge in [-0.2, -0.15) is 5.26 Å². The molecular formula is C22H18Br2N2O5. The number of allylic oxidation sites excluding steroid dienone is 1. The Labute approximate surface area is 196 Å². The summed E-state index contributed by atoms with van der Waals surface area (Å²) in [5.41, 5.74) is 0.174. The van der Waals surface area contributed by atoms with Crippen LogP contribution in [-0.4, -0.2) is 10.9 Å². The Morgan fingerprint density at radius 2 is 1.90 bits per heavy atom. The lowest BCUT2D eigenvalue weighted by molar-refractivity contribution is -0.384. The molecule has 3 atom stereocenters. The number of nitrogens with zero attached hydrogens (tertiary/aromatic N) is 2. The number of halogens is 2. The maximum Gasteiger partial charge on any atom is 0.311 e. The number of nitro groups is 1. The first kappa shape index (κ1) is 23.0. The average molecular weight is 550 g/mol. The molecule has 3 rings (SSSR count). The summed E-state index contributed by atoms with van der Waals surface area (Å²) in [4.78, 5) is 23.0. The summed E-state index contributed by atoms with van der Waals surface area (Å²) in [6.45, 7) is 3.95. The molecule has 0 heterocycles. The summed E-state index contributed by atoms with van der Waals surface area (Å²) in [6.07, 6.45) is 0.827. The zero-order chi connectivity index (χ0) is 22.8. The predicted octanol–water partition coefficient (Wildman–Crippen LogP) is 6.40. The third-order valence-corrected chi connectivity index (χ3v) is 5.79. The lowest BCUT2D eigenvalue weighted by Gasteiger charge is -2.13. The van der Waals surface area contributed by atoms with Crippen molar-refractivity contribution in [3.05, 3.63) is 73.7 Å². The first-order valence-corrected chi connectivity index (χ1v) is 10.9. The normalized spacial score (nSPS) is 19.5. The van der Waals surface area contributed by atoms with Crippen molar-refractivity contribution < 1.29 is 19.2 Å². The number of hydrogen-bond acceptors (Lipinski definition) is 6. The molecule has 0 bridgehead atoms. The van der Waals surface area contributed by atoms with Crippen molar-refractivity contribution in [2.45, 2.75) is 20.0 Å². The molecule has 1 aliphatic rings. The average Bonchev–Trinajstić information content (AvgIpc) is 3.25. The van der Waals surface area contributed by atoms with Crippen LogP contribution >= 0.6 is 31.9 Å². The Morgan fingerprint density at radius 3 is 2.48 bits per heavy atom. The van der Waals surface area contributed by atoms with E-state index in [4.69, 9.17) is 9.47 Å². The molecule has 2 aromatic carbocycles. The molecule has 0 amide bonds. The number of nitriles is 1. The first-order chi connectivity index (χ1) is 14.6. The Balaban J connectivity index is 1.71. The van der Waals surface area contributed by atoms with E-state index in [0.717, 1.165) is 3.39 Å². The number of ether oxygens (including phenoxy) is 2. The molecule has 0 saturated heterocycles. The predicted molar refractivity (Wildman–Crippen MR) is 121 cm³/mol. The molecule has 7 nitrogen and oxygen atoms in total. The van der Waals surface area contributed by atoms with Crippen LogP contribution in [0.15, 0.2) is 58.0 Å². The number of esters is 1. The SMILES string of the molecule is CC1(C)[C@H](C(=O)OC(C#N)c2cccc(Oc3ccc([N+](=O)[O-])cc3)c2)[C@@H]1C=C(Br)Br. The van der Waals surface area contributed by atoms with Crippen LogP contribution in [-0.2, 0) is 9.53 Å². The van der Waals surface area contributed by atoms with Gasteiger partial charge in [0.1, 0.15) is 17.6 Å².